The number of anilines is 1. The lowest BCUT2D eigenvalue weighted by Gasteiger charge is -2.39. The van der Waals surface area contributed by atoms with Gasteiger partial charge in [0.05, 0.1) is 6.04 Å². The lowest BCUT2D eigenvalue weighted by atomic mass is 9.74. The van der Waals surface area contributed by atoms with E-state index in [0.29, 0.717) is 17.9 Å². The number of hydrogen-bond donors (Lipinski definition) is 1. The minimum Gasteiger partial charge on any atom is -0.377 e. The lowest BCUT2D eigenvalue weighted by Crippen LogP contribution is -2.30. The highest BCUT2D eigenvalue weighted by atomic mass is 15.0. The van der Waals surface area contributed by atoms with Crippen LogP contribution in [0.1, 0.15) is 40.6 Å². The van der Waals surface area contributed by atoms with Gasteiger partial charge in [0.1, 0.15) is 0 Å². The predicted octanol–water partition coefficient (Wildman–Crippen LogP) is 7.44. The molecule has 0 amide bonds. The molecule has 1 aliphatic heterocycles. The number of nitrogens with one attached hydrogen (secondary N) is 1. The van der Waals surface area contributed by atoms with E-state index in [1.165, 1.54) is 49.5 Å². The van der Waals surface area contributed by atoms with E-state index in [2.05, 4.69) is 98.0 Å². The van der Waals surface area contributed by atoms with Crippen molar-refractivity contribution in [3.63, 3.8) is 0 Å². The summed E-state index contributed by atoms with van der Waals surface area (Å²) < 4.78 is 0. The summed E-state index contributed by atoms with van der Waals surface area (Å²) in [5.41, 5.74) is 6.99. The van der Waals surface area contributed by atoms with Gasteiger partial charge in [0.25, 0.3) is 0 Å². The molecule has 0 saturated heterocycles. The maximum Gasteiger partial charge on any atom is 0.0566 e. The first kappa shape index (κ1) is 16.9. The molecule has 3 atom stereocenters. The highest BCUT2D eigenvalue weighted by Gasteiger charge is 2.39. The molecule has 142 valence electrons. The first-order valence-corrected chi connectivity index (χ1v) is 10.7. The fourth-order valence-corrected chi connectivity index (χ4v) is 5.74. The highest BCUT2D eigenvalue weighted by Crippen LogP contribution is 2.52. The van der Waals surface area contributed by atoms with Crippen molar-refractivity contribution >= 4 is 27.2 Å². The number of aryl methyl sites for hydroxylation is 2. The van der Waals surface area contributed by atoms with Crippen LogP contribution in [0, 0.1) is 19.8 Å². The van der Waals surface area contributed by atoms with Crippen LogP contribution in [0.3, 0.4) is 0 Å². The Morgan fingerprint density at radius 1 is 0.828 bits per heavy atom. The molecular weight excluding hydrogens is 350 g/mol. The number of hydrogen-bond acceptors (Lipinski definition) is 1. The van der Waals surface area contributed by atoms with E-state index in [4.69, 9.17) is 0 Å². The molecule has 29 heavy (non-hydrogen) atoms. The Balaban J connectivity index is 1.65. The Kier molecular flexibility index (Phi) is 3.61. The summed E-state index contributed by atoms with van der Waals surface area (Å²) >= 11 is 0. The summed E-state index contributed by atoms with van der Waals surface area (Å²) in [6.45, 7) is 4.46. The molecule has 0 bridgehead atoms. The third kappa shape index (κ3) is 2.47. The van der Waals surface area contributed by atoms with Crippen LogP contribution in [0.5, 0.6) is 0 Å². The highest BCUT2D eigenvalue weighted by molar-refractivity contribution is 6.03. The van der Waals surface area contributed by atoms with E-state index in [1.807, 2.05) is 0 Å². The van der Waals surface area contributed by atoms with Gasteiger partial charge in [-0.15, -0.1) is 0 Å². The van der Waals surface area contributed by atoms with Crippen LogP contribution in [-0.4, -0.2) is 0 Å². The van der Waals surface area contributed by atoms with Crippen molar-refractivity contribution < 1.29 is 0 Å². The summed E-state index contributed by atoms with van der Waals surface area (Å²) in [5, 5.41) is 9.44. The summed E-state index contributed by atoms with van der Waals surface area (Å²) in [6.07, 6.45) is 5.97. The van der Waals surface area contributed by atoms with Gasteiger partial charge in [0.15, 0.2) is 0 Å². The second kappa shape index (κ2) is 6.22. The van der Waals surface area contributed by atoms with Gasteiger partial charge in [-0.2, -0.15) is 0 Å². The van der Waals surface area contributed by atoms with Crippen molar-refractivity contribution in [3.8, 4) is 0 Å². The van der Waals surface area contributed by atoms with Gasteiger partial charge in [-0.1, -0.05) is 78.4 Å². The quantitative estimate of drug-likeness (QED) is 0.269. The summed E-state index contributed by atoms with van der Waals surface area (Å²) in [7, 11) is 0. The third-order valence-corrected chi connectivity index (χ3v) is 6.93. The summed E-state index contributed by atoms with van der Waals surface area (Å²) in [5.74, 6) is 1.05. The monoisotopic (exact) mass is 375 g/mol. The van der Waals surface area contributed by atoms with Crippen molar-refractivity contribution in [1.82, 2.24) is 0 Å². The molecule has 2 aliphatic rings. The molecule has 0 spiro atoms. The molecule has 0 fully saturated rings. The van der Waals surface area contributed by atoms with Gasteiger partial charge < -0.3 is 5.32 Å². The normalized spacial score (nSPS) is 22.5. The Morgan fingerprint density at radius 2 is 1.52 bits per heavy atom. The molecule has 1 nitrogen and oxygen atoms in total. The molecule has 6 rings (SSSR count). The fraction of sp³-hybridized carbons (Fsp3) is 0.214. The molecule has 4 aromatic rings. The minimum atomic E-state index is 0.305. The van der Waals surface area contributed by atoms with Gasteiger partial charge in [-0.25, -0.2) is 0 Å². The van der Waals surface area contributed by atoms with Gasteiger partial charge in [0, 0.05) is 11.6 Å². The standard InChI is InChI=1S/C28H25N/c1-17-14-18(2)27-25(15-17)23-12-7-13-24(23)28(29-27)26-21-10-5-3-8-19(21)16-20-9-4-6-11-22(20)26/h3-12,14-16,23-24,28-29H,13H2,1-2H3. The average molecular weight is 376 g/mol. The lowest BCUT2D eigenvalue weighted by molar-refractivity contribution is 0.428. The topological polar surface area (TPSA) is 12.0 Å². The van der Waals surface area contributed by atoms with Crippen molar-refractivity contribution in [1.29, 1.82) is 0 Å². The zero-order valence-electron chi connectivity index (χ0n) is 16.9. The first-order valence-electron chi connectivity index (χ1n) is 10.7. The van der Waals surface area contributed by atoms with Crippen LogP contribution < -0.4 is 5.32 Å². The maximum absolute atomic E-state index is 4.02. The van der Waals surface area contributed by atoms with Crippen molar-refractivity contribution in [2.24, 2.45) is 5.92 Å². The van der Waals surface area contributed by atoms with Crippen LogP contribution in [0.25, 0.3) is 21.5 Å². The molecule has 1 heteroatoms. The molecule has 1 N–H and O–H groups in total. The number of rotatable bonds is 1. The van der Waals surface area contributed by atoms with E-state index in [9.17, 15) is 0 Å². The van der Waals surface area contributed by atoms with E-state index in [-0.39, 0.29) is 0 Å². The van der Waals surface area contributed by atoms with Gasteiger partial charge in [0.2, 0.25) is 0 Å². The summed E-state index contributed by atoms with van der Waals surface area (Å²) in [4.78, 5) is 0. The average Bonchev–Trinajstić information content (AvgIpc) is 3.22. The third-order valence-electron chi connectivity index (χ3n) is 6.93. The summed E-state index contributed by atoms with van der Waals surface area (Å²) in [6, 6.07) is 25.1. The molecule has 0 radical (unpaired) electrons. The number of fused-ring (bicyclic) bond motifs is 5. The van der Waals surface area contributed by atoms with Gasteiger partial charge in [-0.05, 0) is 70.5 Å². The maximum atomic E-state index is 4.02. The SMILES string of the molecule is Cc1cc(C)c2c(c1)C1C=CCC1C(c1c3ccccc3cc3ccccc13)N2. The van der Waals surface area contributed by atoms with Crippen molar-refractivity contribution in [3.05, 3.63) is 101 Å². The second-order valence-corrected chi connectivity index (χ2v) is 8.75. The van der Waals surface area contributed by atoms with Crippen molar-refractivity contribution in [2.75, 3.05) is 5.32 Å². The van der Waals surface area contributed by atoms with E-state index in [1.54, 1.807) is 0 Å². The largest absolute Gasteiger partial charge is 0.377 e. The van der Waals surface area contributed by atoms with Gasteiger partial charge in [-0.3, -0.25) is 0 Å². The van der Waals surface area contributed by atoms with Crippen molar-refractivity contribution in [2.45, 2.75) is 32.2 Å². The molecule has 0 aromatic heterocycles. The Bertz CT molecular complexity index is 1240. The molecular formula is C28H25N. The zero-order valence-corrected chi connectivity index (χ0v) is 16.9. The van der Waals surface area contributed by atoms with Crippen LogP contribution in [0.15, 0.2) is 78.9 Å². The molecule has 4 aromatic carbocycles. The van der Waals surface area contributed by atoms with E-state index in [0.717, 1.165) is 6.42 Å². The molecule has 0 saturated carbocycles. The van der Waals surface area contributed by atoms with Crippen LogP contribution in [0.4, 0.5) is 5.69 Å². The molecule has 3 unspecified atom stereocenters. The van der Waals surface area contributed by atoms with E-state index < -0.39 is 0 Å². The molecule has 1 aliphatic carbocycles. The van der Waals surface area contributed by atoms with E-state index >= 15 is 0 Å². The number of benzene rings is 4. The Labute approximate surface area is 172 Å². The number of allylic oxidation sites excluding steroid dienone is 2. The minimum absolute atomic E-state index is 0.305. The van der Waals surface area contributed by atoms with Gasteiger partial charge >= 0.3 is 0 Å². The Morgan fingerprint density at radius 3 is 2.24 bits per heavy atom. The van der Waals surface area contributed by atoms with Crippen LogP contribution in [-0.2, 0) is 0 Å². The smallest absolute Gasteiger partial charge is 0.0566 e. The fourth-order valence-electron chi connectivity index (χ4n) is 5.74. The second-order valence-electron chi connectivity index (χ2n) is 8.75. The Hall–Kier alpha value is -3.06. The molecule has 1 heterocycles. The first-order chi connectivity index (χ1) is 14.2. The zero-order chi connectivity index (χ0) is 19.5. The predicted molar refractivity (Wildman–Crippen MR) is 124 cm³/mol. The van der Waals surface area contributed by atoms with Crippen LogP contribution in [0.2, 0.25) is 0 Å². The van der Waals surface area contributed by atoms with Crippen LogP contribution >= 0.6 is 0 Å².